The predicted octanol–water partition coefficient (Wildman–Crippen LogP) is 4.11. The number of carbonyl (C=O) groups excluding carboxylic acids is 1. The molecule has 0 N–H and O–H groups in total. The van der Waals surface area contributed by atoms with E-state index in [4.69, 9.17) is 19.2 Å². The first kappa shape index (κ1) is 18.5. The third-order valence-electron chi connectivity index (χ3n) is 6.76. The fraction of sp³-hybridized carbons (Fsp3) is 0.944. The Morgan fingerprint density at radius 2 is 1.92 bits per heavy atom. The molecule has 0 aromatic rings. The molecule has 26 heavy (non-hydrogen) atoms. The normalized spacial score (nSPS) is 47.9. The summed E-state index contributed by atoms with van der Waals surface area (Å²) in [5.41, 5.74) is -0.912. The van der Waals surface area contributed by atoms with Crippen LogP contribution in [-0.2, 0) is 24.0 Å². The summed E-state index contributed by atoms with van der Waals surface area (Å²) in [6.07, 6.45) is -2.88. The first-order valence-electron chi connectivity index (χ1n) is 9.46. The summed E-state index contributed by atoms with van der Waals surface area (Å²) in [4.78, 5) is 24.1. The third kappa shape index (κ3) is 2.85. The molecule has 5 aliphatic rings. The molecule has 1 spiro atoms. The van der Waals surface area contributed by atoms with Gasteiger partial charge in [-0.05, 0) is 44.9 Å². The Labute approximate surface area is 150 Å². The number of esters is 1. The maximum Gasteiger partial charge on any atom is 0.389 e. The van der Waals surface area contributed by atoms with Gasteiger partial charge in [-0.1, -0.05) is 6.92 Å². The molecule has 0 amide bonds. The van der Waals surface area contributed by atoms with Gasteiger partial charge >= 0.3 is 12.1 Å². The van der Waals surface area contributed by atoms with E-state index in [0.717, 1.165) is 12.8 Å². The molecule has 0 aromatic carbocycles. The standard InChI is InChI=1S/C18H25F3O5/c1-10-5-6-13-11(4-3-8-17(19,20)21)14(22)23-15-18(13)12(10)7-9-16(2,24-15)25-26-18/h10-13,15H,3-9H2,1-2H3/t10-,11?,12+,13+,15?,16?,18?/m1/s1. The van der Waals surface area contributed by atoms with Crippen molar-refractivity contribution in [1.82, 2.24) is 0 Å². The maximum atomic E-state index is 12.6. The molecule has 5 nitrogen and oxygen atoms in total. The highest BCUT2D eigenvalue weighted by Gasteiger charge is 2.70. The highest BCUT2D eigenvalue weighted by Crippen LogP contribution is 2.60. The number of fused-ring (bicyclic) bond motifs is 2. The number of alkyl halides is 3. The first-order chi connectivity index (χ1) is 12.1. The number of halogens is 3. The highest BCUT2D eigenvalue weighted by atomic mass is 19.4. The Morgan fingerprint density at radius 1 is 1.15 bits per heavy atom. The van der Waals surface area contributed by atoms with Crippen LogP contribution in [0.15, 0.2) is 0 Å². The van der Waals surface area contributed by atoms with Crippen LogP contribution >= 0.6 is 0 Å². The molecule has 4 aliphatic heterocycles. The predicted molar refractivity (Wildman–Crippen MR) is 82.3 cm³/mol. The molecular weight excluding hydrogens is 353 g/mol. The number of carbonyl (C=O) groups is 1. The summed E-state index contributed by atoms with van der Waals surface area (Å²) in [6.45, 7) is 3.91. The van der Waals surface area contributed by atoms with E-state index in [9.17, 15) is 18.0 Å². The van der Waals surface area contributed by atoms with E-state index < -0.39 is 42.2 Å². The molecule has 1 aliphatic carbocycles. The Morgan fingerprint density at radius 3 is 2.65 bits per heavy atom. The Bertz CT molecular complexity index is 582. The van der Waals surface area contributed by atoms with Gasteiger partial charge in [-0.15, -0.1) is 0 Å². The zero-order chi connectivity index (χ0) is 18.7. The van der Waals surface area contributed by atoms with Gasteiger partial charge < -0.3 is 9.47 Å². The highest BCUT2D eigenvalue weighted by molar-refractivity contribution is 5.74. The lowest BCUT2D eigenvalue weighted by molar-refractivity contribution is -0.559. The van der Waals surface area contributed by atoms with Gasteiger partial charge in [0.15, 0.2) is 5.60 Å². The summed E-state index contributed by atoms with van der Waals surface area (Å²) >= 11 is 0. The molecule has 4 heterocycles. The van der Waals surface area contributed by atoms with Crippen molar-refractivity contribution in [3.8, 4) is 0 Å². The second-order valence-corrected chi connectivity index (χ2v) is 8.46. The summed E-state index contributed by atoms with van der Waals surface area (Å²) in [5.74, 6) is -1.85. The largest absolute Gasteiger partial charge is 0.432 e. The van der Waals surface area contributed by atoms with E-state index in [0.29, 0.717) is 18.8 Å². The molecule has 4 unspecified atom stereocenters. The molecule has 8 heteroatoms. The number of ether oxygens (including phenoxy) is 2. The van der Waals surface area contributed by atoms with Crippen LogP contribution in [0, 0.1) is 23.7 Å². The lowest BCUT2D eigenvalue weighted by Crippen LogP contribution is -2.70. The number of hydrogen-bond donors (Lipinski definition) is 0. The van der Waals surface area contributed by atoms with Crippen LogP contribution in [0.1, 0.15) is 58.8 Å². The van der Waals surface area contributed by atoms with Gasteiger partial charge in [-0.2, -0.15) is 13.2 Å². The molecule has 0 radical (unpaired) electrons. The van der Waals surface area contributed by atoms with Crippen molar-refractivity contribution in [2.45, 2.75) is 82.6 Å². The van der Waals surface area contributed by atoms with E-state index in [-0.39, 0.29) is 24.7 Å². The summed E-state index contributed by atoms with van der Waals surface area (Å²) in [5, 5.41) is 0. The molecule has 1 saturated carbocycles. The summed E-state index contributed by atoms with van der Waals surface area (Å²) in [7, 11) is 0. The van der Waals surface area contributed by atoms with Crippen LogP contribution in [0.5, 0.6) is 0 Å². The van der Waals surface area contributed by atoms with Crippen LogP contribution < -0.4 is 0 Å². The minimum atomic E-state index is -4.22. The smallest absolute Gasteiger partial charge is 0.389 e. The van der Waals surface area contributed by atoms with Crippen LogP contribution in [0.4, 0.5) is 13.2 Å². The van der Waals surface area contributed by atoms with Crippen molar-refractivity contribution in [3.05, 3.63) is 0 Å². The Kier molecular flexibility index (Phi) is 4.32. The molecule has 2 bridgehead atoms. The first-order valence-corrected chi connectivity index (χ1v) is 9.46. The van der Waals surface area contributed by atoms with Gasteiger partial charge in [0.05, 0.1) is 5.92 Å². The molecule has 5 fully saturated rings. The average Bonchev–Trinajstić information content (AvgIpc) is 2.76. The maximum absolute atomic E-state index is 12.6. The van der Waals surface area contributed by atoms with Gasteiger partial charge in [-0.3, -0.25) is 4.79 Å². The van der Waals surface area contributed by atoms with Crippen molar-refractivity contribution in [1.29, 1.82) is 0 Å². The molecule has 5 rings (SSSR count). The Balaban J connectivity index is 1.63. The van der Waals surface area contributed by atoms with Crippen molar-refractivity contribution in [3.63, 3.8) is 0 Å². The van der Waals surface area contributed by atoms with Crippen LogP contribution in [-0.4, -0.2) is 29.8 Å². The van der Waals surface area contributed by atoms with Gasteiger partial charge in [0.1, 0.15) is 0 Å². The van der Waals surface area contributed by atoms with Crippen molar-refractivity contribution < 1.29 is 37.2 Å². The minimum absolute atomic E-state index is 0.0915. The van der Waals surface area contributed by atoms with Crippen molar-refractivity contribution >= 4 is 5.97 Å². The second kappa shape index (κ2) is 6.07. The topological polar surface area (TPSA) is 54.0 Å². The lowest BCUT2D eigenvalue weighted by Gasteiger charge is -2.58. The zero-order valence-electron chi connectivity index (χ0n) is 15.0. The van der Waals surface area contributed by atoms with Gasteiger partial charge in [0.25, 0.3) is 0 Å². The fourth-order valence-corrected chi connectivity index (χ4v) is 5.46. The molecule has 0 aromatic heterocycles. The fourth-order valence-electron chi connectivity index (χ4n) is 5.46. The molecule has 7 atom stereocenters. The monoisotopic (exact) mass is 378 g/mol. The lowest BCUT2D eigenvalue weighted by atomic mass is 9.57. The van der Waals surface area contributed by atoms with Gasteiger partial charge in [0.2, 0.25) is 12.1 Å². The molecular formula is C18H25F3O5. The van der Waals surface area contributed by atoms with Crippen LogP contribution in [0.2, 0.25) is 0 Å². The van der Waals surface area contributed by atoms with Crippen molar-refractivity contribution in [2.75, 3.05) is 0 Å². The third-order valence-corrected chi connectivity index (χ3v) is 6.76. The minimum Gasteiger partial charge on any atom is -0.432 e. The van der Waals surface area contributed by atoms with Gasteiger partial charge in [-0.25, -0.2) is 9.78 Å². The second-order valence-electron chi connectivity index (χ2n) is 8.46. The zero-order valence-corrected chi connectivity index (χ0v) is 15.0. The van der Waals surface area contributed by atoms with Crippen LogP contribution in [0.3, 0.4) is 0 Å². The van der Waals surface area contributed by atoms with E-state index >= 15 is 0 Å². The van der Waals surface area contributed by atoms with Crippen LogP contribution in [0.25, 0.3) is 0 Å². The van der Waals surface area contributed by atoms with E-state index in [1.165, 1.54) is 0 Å². The molecule has 4 saturated heterocycles. The summed E-state index contributed by atoms with van der Waals surface area (Å²) < 4.78 is 49.2. The van der Waals surface area contributed by atoms with E-state index in [2.05, 4.69) is 6.92 Å². The van der Waals surface area contributed by atoms with E-state index in [1.54, 1.807) is 6.92 Å². The Hall–Kier alpha value is -0.860. The SMILES string of the molecule is C[C@@H]1CC[C@H]2C(CCCC(F)(F)F)C(=O)OC3OC4(C)CC[C@@H]1C32OO4. The van der Waals surface area contributed by atoms with E-state index in [1.807, 2.05) is 0 Å². The average molecular weight is 378 g/mol. The number of hydrogen-bond acceptors (Lipinski definition) is 5. The van der Waals surface area contributed by atoms with Crippen molar-refractivity contribution in [2.24, 2.45) is 23.7 Å². The molecule has 148 valence electrons. The number of rotatable bonds is 3. The van der Waals surface area contributed by atoms with Gasteiger partial charge in [0, 0.05) is 24.7 Å². The quantitative estimate of drug-likeness (QED) is 0.547. The summed E-state index contributed by atoms with van der Waals surface area (Å²) in [6, 6.07) is 0.